The topological polar surface area (TPSA) is 100 Å². The first kappa shape index (κ1) is 20.1. The number of fused-ring (bicyclic) bond motifs is 1. The quantitative estimate of drug-likeness (QED) is 0.448. The first-order valence-electron chi connectivity index (χ1n) is 9.18. The highest BCUT2D eigenvalue weighted by Crippen LogP contribution is 2.21. The minimum absolute atomic E-state index is 0.0285. The van der Waals surface area contributed by atoms with Crippen molar-refractivity contribution in [1.29, 1.82) is 0 Å². The van der Waals surface area contributed by atoms with Gasteiger partial charge in [0, 0.05) is 40.0 Å². The van der Waals surface area contributed by atoms with E-state index in [1.165, 1.54) is 6.08 Å². The second-order valence-corrected chi connectivity index (χ2v) is 7.53. The van der Waals surface area contributed by atoms with Crippen molar-refractivity contribution in [2.24, 2.45) is 5.92 Å². The second kappa shape index (κ2) is 9.05. The first-order valence-corrected chi connectivity index (χ1v) is 9.97. The van der Waals surface area contributed by atoms with Crippen molar-refractivity contribution in [2.45, 2.75) is 25.8 Å². The van der Waals surface area contributed by atoms with Gasteiger partial charge in [-0.25, -0.2) is 4.79 Å². The summed E-state index contributed by atoms with van der Waals surface area (Å²) in [6.45, 7) is 2.63. The normalized spacial score (nSPS) is 17.6. The van der Waals surface area contributed by atoms with Crippen molar-refractivity contribution < 1.29 is 19.1 Å². The molecule has 0 aliphatic carbocycles. The molecule has 2 unspecified atom stereocenters. The molecule has 2 aromatic rings. The van der Waals surface area contributed by atoms with Crippen molar-refractivity contribution in [2.75, 3.05) is 13.2 Å². The predicted molar refractivity (Wildman–Crippen MR) is 109 cm³/mol. The number of nitrogens with one attached hydrogen (secondary N) is 3. The van der Waals surface area contributed by atoms with Crippen molar-refractivity contribution in [3.8, 4) is 0 Å². The van der Waals surface area contributed by atoms with Gasteiger partial charge in [-0.1, -0.05) is 22.0 Å². The largest absolute Gasteiger partial charge is 0.463 e. The predicted octanol–water partition coefficient (Wildman–Crippen LogP) is 2.67. The lowest BCUT2D eigenvalue weighted by Gasteiger charge is -2.17. The lowest BCUT2D eigenvalue weighted by molar-refractivity contribution is -0.137. The fourth-order valence-electron chi connectivity index (χ4n) is 3.22. The summed E-state index contributed by atoms with van der Waals surface area (Å²) in [6, 6.07) is 7.00. The van der Waals surface area contributed by atoms with Gasteiger partial charge in [-0.05, 0) is 44.0 Å². The average Bonchev–Trinajstić information content (AvgIpc) is 3.25. The van der Waals surface area contributed by atoms with Crippen LogP contribution < -0.4 is 10.6 Å². The molecule has 2 atom stereocenters. The van der Waals surface area contributed by atoms with E-state index in [-0.39, 0.29) is 24.3 Å². The molecule has 1 fully saturated rings. The van der Waals surface area contributed by atoms with E-state index in [9.17, 15) is 14.4 Å². The van der Waals surface area contributed by atoms with Crippen molar-refractivity contribution in [3.05, 3.63) is 46.6 Å². The summed E-state index contributed by atoms with van der Waals surface area (Å²) in [7, 11) is 0. The molecule has 0 bridgehead atoms. The number of H-pyrrole nitrogens is 1. The SMILES string of the molecule is CCOC(=O)/C=C/C(CC1CCNC1=O)NC(=O)c1cc2cc(Br)ccc2[nH]1. The highest BCUT2D eigenvalue weighted by molar-refractivity contribution is 9.10. The summed E-state index contributed by atoms with van der Waals surface area (Å²) < 4.78 is 5.82. The van der Waals surface area contributed by atoms with Gasteiger partial charge in [0.1, 0.15) is 5.69 Å². The molecule has 0 saturated carbocycles. The molecule has 1 aromatic heterocycles. The average molecular weight is 448 g/mol. The fourth-order valence-corrected chi connectivity index (χ4v) is 3.60. The molecule has 1 aliphatic heterocycles. The number of aromatic amines is 1. The van der Waals surface area contributed by atoms with Gasteiger partial charge < -0.3 is 20.4 Å². The summed E-state index contributed by atoms with van der Waals surface area (Å²) in [6.07, 6.45) is 4.00. The maximum atomic E-state index is 12.7. The third-order valence-corrected chi connectivity index (χ3v) is 5.09. The van der Waals surface area contributed by atoms with E-state index < -0.39 is 12.0 Å². The number of benzene rings is 1. The maximum absolute atomic E-state index is 12.7. The standard InChI is InChI=1S/C20H22BrN3O4/c1-2-28-18(25)6-4-15(10-12-7-8-22-19(12)26)23-20(27)17-11-13-9-14(21)3-5-16(13)24-17/h3-6,9,11-12,15,24H,2,7-8,10H2,1H3,(H,22,26)(H,23,27)/b6-4+. The van der Waals surface area contributed by atoms with Crippen LogP contribution in [0.3, 0.4) is 0 Å². The van der Waals surface area contributed by atoms with E-state index in [0.717, 1.165) is 15.4 Å². The second-order valence-electron chi connectivity index (χ2n) is 6.62. The number of rotatable bonds is 7. The molecule has 3 rings (SSSR count). The number of hydrogen-bond acceptors (Lipinski definition) is 4. The Morgan fingerprint density at radius 2 is 2.21 bits per heavy atom. The number of halogens is 1. The molecule has 8 heteroatoms. The van der Waals surface area contributed by atoms with Gasteiger partial charge in [0.15, 0.2) is 0 Å². The summed E-state index contributed by atoms with van der Waals surface area (Å²) in [5.74, 6) is -1.01. The monoisotopic (exact) mass is 447 g/mol. The van der Waals surface area contributed by atoms with Crippen LogP contribution in [0, 0.1) is 5.92 Å². The van der Waals surface area contributed by atoms with Crippen LogP contribution in [-0.4, -0.2) is 42.0 Å². The Labute approximate surface area is 171 Å². The van der Waals surface area contributed by atoms with E-state index >= 15 is 0 Å². The molecule has 2 amide bonds. The summed E-state index contributed by atoms with van der Waals surface area (Å²) in [5.41, 5.74) is 1.26. The van der Waals surface area contributed by atoms with E-state index in [2.05, 4.69) is 31.5 Å². The third kappa shape index (κ3) is 5.01. The van der Waals surface area contributed by atoms with Crippen molar-refractivity contribution in [3.63, 3.8) is 0 Å². The number of hydrogen-bond donors (Lipinski definition) is 3. The van der Waals surface area contributed by atoms with Gasteiger partial charge >= 0.3 is 5.97 Å². The molecule has 3 N–H and O–H groups in total. The number of aromatic nitrogens is 1. The maximum Gasteiger partial charge on any atom is 0.330 e. The van der Waals surface area contributed by atoms with Gasteiger partial charge in [0.2, 0.25) is 5.91 Å². The Bertz CT molecular complexity index is 921. The zero-order chi connectivity index (χ0) is 20.1. The lowest BCUT2D eigenvalue weighted by Crippen LogP contribution is -2.36. The molecule has 28 heavy (non-hydrogen) atoms. The van der Waals surface area contributed by atoms with E-state index in [0.29, 0.717) is 25.1 Å². The summed E-state index contributed by atoms with van der Waals surface area (Å²) in [5, 5.41) is 6.60. The van der Waals surface area contributed by atoms with Crippen molar-refractivity contribution >= 4 is 44.6 Å². The zero-order valence-electron chi connectivity index (χ0n) is 15.5. The van der Waals surface area contributed by atoms with Crippen LogP contribution in [0.25, 0.3) is 10.9 Å². The molecule has 1 aromatic carbocycles. The molecular formula is C20H22BrN3O4. The van der Waals surface area contributed by atoms with Crippen LogP contribution in [0.4, 0.5) is 0 Å². The van der Waals surface area contributed by atoms with Crippen LogP contribution in [0.15, 0.2) is 40.9 Å². The van der Waals surface area contributed by atoms with E-state index in [4.69, 9.17) is 4.74 Å². The van der Waals surface area contributed by atoms with Crippen LogP contribution in [-0.2, 0) is 14.3 Å². The lowest BCUT2D eigenvalue weighted by atomic mass is 9.98. The van der Waals surface area contributed by atoms with Gasteiger partial charge in [-0.2, -0.15) is 0 Å². The number of carbonyl (C=O) groups is 3. The molecular weight excluding hydrogens is 426 g/mol. The smallest absolute Gasteiger partial charge is 0.330 e. The highest BCUT2D eigenvalue weighted by Gasteiger charge is 2.27. The highest BCUT2D eigenvalue weighted by atomic mass is 79.9. The van der Waals surface area contributed by atoms with Crippen LogP contribution >= 0.6 is 15.9 Å². The Kier molecular flexibility index (Phi) is 6.51. The molecule has 0 radical (unpaired) electrons. The molecule has 1 saturated heterocycles. The molecule has 2 heterocycles. The Hall–Kier alpha value is -2.61. The Balaban J connectivity index is 1.74. The van der Waals surface area contributed by atoms with Crippen LogP contribution in [0.2, 0.25) is 0 Å². The summed E-state index contributed by atoms with van der Waals surface area (Å²) in [4.78, 5) is 39.4. The number of esters is 1. The fraction of sp³-hybridized carbons (Fsp3) is 0.350. The van der Waals surface area contributed by atoms with Crippen LogP contribution in [0.1, 0.15) is 30.3 Å². The Morgan fingerprint density at radius 3 is 2.93 bits per heavy atom. The van der Waals surface area contributed by atoms with Gasteiger partial charge in [-0.15, -0.1) is 0 Å². The van der Waals surface area contributed by atoms with Crippen LogP contribution in [0.5, 0.6) is 0 Å². The molecule has 0 spiro atoms. The minimum atomic E-state index is -0.479. The minimum Gasteiger partial charge on any atom is -0.463 e. The number of carbonyl (C=O) groups excluding carboxylic acids is 3. The Morgan fingerprint density at radius 1 is 1.39 bits per heavy atom. The van der Waals surface area contributed by atoms with Gasteiger partial charge in [-0.3, -0.25) is 9.59 Å². The number of amides is 2. The first-order chi connectivity index (χ1) is 13.5. The van der Waals surface area contributed by atoms with Gasteiger partial charge in [0.05, 0.1) is 6.61 Å². The summed E-state index contributed by atoms with van der Waals surface area (Å²) >= 11 is 3.42. The molecule has 1 aliphatic rings. The van der Waals surface area contributed by atoms with E-state index in [1.54, 1.807) is 19.1 Å². The van der Waals surface area contributed by atoms with Gasteiger partial charge in [0.25, 0.3) is 5.91 Å². The van der Waals surface area contributed by atoms with Crippen molar-refractivity contribution in [1.82, 2.24) is 15.6 Å². The van der Waals surface area contributed by atoms with E-state index in [1.807, 2.05) is 18.2 Å². The zero-order valence-corrected chi connectivity index (χ0v) is 17.0. The third-order valence-electron chi connectivity index (χ3n) is 4.60. The molecule has 148 valence electrons. The number of ether oxygens (including phenoxy) is 1. The molecule has 7 nitrogen and oxygen atoms in total.